The molecule has 0 atom stereocenters. The van der Waals surface area contributed by atoms with E-state index in [-0.39, 0.29) is 0 Å². The Morgan fingerprint density at radius 3 is 2.80 bits per heavy atom. The summed E-state index contributed by atoms with van der Waals surface area (Å²) in [6.07, 6.45) is 5.77. The summed E-state index contributed by atoms with van der Waals surface area (Å²) < 4.78 is 0. The summed E-state index contributed by atoms with van der Waals surface area (Å²) in [6, 6.07) is 2.91. The summed E-state index contributed by atoms with van der Waals surface area (Å²) in [5, 5.41) is 11.6. The average Bonchev–Trinajstić information content (AvgIpc) is 1.84. The van der Waals surface area contributed by atoms with Crippen LogP contribution < -0.4 is 5.32 Å². The highest BCUT2D eigenvalue weighted by Crippen LogP contribution is 2.17. The van der Waals surface area contributed by atoms with E-state index in [4.69, 9.17) is 5.26 Å². The molecule has 0 aromatic heterocycles. The third-order valence-corrected chi connectivity index (χ3v) is 2.00. The molecule has 2 nitrogen and oxygen atoms in total. The molecule has 2 heteroatoms. The SMILES string of the molecule is N#CCCCNC1CCC1. The Labute approximate surface area is 62.2 Å². The molecule has 1 fully saturated rings. The van der Waals surface area contributed by atoms with Crippen molar-refractivity contribution in [2.45, 2.75) is 38.1 Å². The first-order valence-electron chi connectivity index (χ1n) is 4.04. The van der Waals surface area contributed by atoms with Gasteiger partial charge in [-0.2, -0.15) is 5.26 Å². The summed E-state index contributed by atoms with van der Waals surface area (Å²) >= 11 is 0. The minimum Gasteiger partial charge on any atom is -0.314 e. The number of nitrogens with one attached hydrogen (secondary N) is 1. The van der Waals surface area contributed by atoms with Crippen LogP contribution in [0.4, 0.5) is 0 Å². The molecule has 1 rings (SSSR count). The van der Waals surface area contributed by atoms with Crippen LogP contribution in [0.1, 0.15) is 32.1 Å². The maximum Gasteiger partial charge on any atom is 0.0622 e. The predicted octanol–water partition coefficient (Wildman–Crippen LogP) is 1.43. The van der Waals surface area contributed by atoms with Crippen LogP contribution in [-0.2, 0) is 0 Å². The zero-order valence-electron chi connectivity index (χ0n) is 6.27. The van der Waals surface area contributed by atoms with Gasteiger partial charge in [0.2, 0.25) is 0 Å². The summed E-state index contributed by atoms with van der Waals surface area (Å²) in [7, 11) is 0. The van der Waals surface area contributed by atoms with Gasteiger partial charge in [-0.3, -0.25) is 0 Å². The second kappa shape index (κ2) is 4.29. The summed E-state index contributed by atoms with van der Waals surface area (Å²) in [6.45, 7) is 1.03. The van der Waals surface area contributed by atoms with Gasteiger partial charge in [-0.1, -0.05) is 6.42 Å². The molecule has 0 aromatic carbocycles. The van der Waals surface area contributed by atoms with Crippen molar-refractivity contribution in [2.24, 2.45) is 0 Å². The van der Waals surface area contributed by atoms with E-state index >= 15 is 0 Å². The molecule has 0 amide bonds. The molecule has 1 aliphatic carbocycles. The molecule has 1 N–H and O–H groups in total. The molecule has 0 heterocycles. The first kappa shape index (κ1) is 7.56. The van der Waals surface area contributed by atoms with E-state index in [0.29, 0.717) is 6.42 Å². The lowest BCUT2D eigenvalue weighted by atomic mass is 9.93. The maximum atomic E-state index is 8.22. The van der Waals surface area contributed by atoms with Gasteiger partial charge < -0.3 is 5.32 Å². The van der Waals surface area contributed by atoms with Gasteiger partial charge in [-0.15, -0.1) is 0 Å². The van der Waals surface area contributed by atoms with E-state index in [1.165, 1.54) is 19.3 Å². The van der Waals surface area contributed by atoms with Gasteiger partial charge in [0, 0.05) is 12.5 Å². The van der Waals surface area contributed by atoms with Crippen molar-refractivity contribution in [1.82, 2.24) is 5.32 Å². The van der Waals surface area contributed by atoms with Gasteiger partial charge in [-0.05, 0) is 25.8 Å². The largest absolute Gasteiger partial charge is 0.314 e. The quantitative estimate of drug-likeness (QED) is 0.596. The zero-order valence-corrected chi connectivity index (χ0v) is 6.27. The molecule has 10 heavy (non-hydrogen) atoms. The third kappa shape index (κ3) is 2.36. The Morgan fingerprint density at radius 2 is 2.30 bits per heavy atom. The van der Waals surface area contributed by atoms with E-state index in [9.17, 15) is 0 Å². The minimum absolute atomic E-state index is 0.694. The van der Waals surface area contributed by atoms with Gasteiger partial charge in [0.1, 0.15) is 0 Å². The second-order valence-electron chi connectivity index (χ2n) is 2.84. The molecule has 0 radical (unpaired) electrons. The number of hydrogen-bond acceptors (Lipinski definition) is 2. The Bertz CT molecular complexity index is 122. The van der Waals surface area contributed by atoms with Crippen LogP contribution in [0.2, 0.25) is 0 Å². The molecular formula is C8H14N2. The van der Waals surface area contributed by atoms with Crippen LogP contribution in [0.15, 0.2) is 0 Å². The van der Waals surface area contributed by atoms with E-state index < -0.39 is 0 Å². The van der Waals surface area contributed by atoms with Crippen LogP contribution in [0.5, 0.6) is 0 Å². The Morgan fingerprint density at radius 1 is 1.50 bits per heavy atom. The van der Waals surface area contributed by atoms with E-state index in [1.54, 1.807) is 0 Å². The van der Waals surface area contributed by atoms with Crippen LogP contribution >= 0.6 is 0 Å². The predicted molar refractivity (Wildman–Crippen MR) is 40.5 cm³/mol. The first-order valence-corrected chi connectivity index (χ1v) is 4.04. The molecule has 0 bridgehead atoms. The lowest BCUT2D eigenvalue weighted by Gasteiger charge is -2.26. The summed E-state index contributed by atoms with van der Waals surface area (Å²) in [5.74, 6) is 0. The van der Waals surface area contributed by atoms with E-state index in [2.05, 4.69) is 11.4 Å². The molecule has 0 unspecified atom stereocenters. The molecule has 1 aliphatic rings. The number of nitrogens with zero attached hydrogens (tertiary/aromatic N) is 1. The van der Waals surface area contributed by atoms with Crippen LogP contribution in [0.25, 0.3) is 0 Å². The van der Waals surface area contributed by atoms with Crippen LogP contribution in [0, 0.1) is 11.3 Å². The number of hydrogen-bond donors (Lipinski definition) is 1. The highest BCUT2D eigenvalue weighted by Gasteiger charge is 2.15. The lowest BCUT2D eigenvalue weighted by molar-refractivity contribution is 0.339. The zero-order chi connectivity index (χ0) is 7.23. The fourth-order valence-electron chi connectivity index (χ4n) is 1.09. The molecule has 56 valence electrons. The monoisotopic (exact) mass is 138 g/mol. The van der Waals surface area contributed by atoms with Crippen LogP contribution in [-0.4, -0.2) is 12.6 Å². The fourth-order valence-corrected chi connectivity index (χ4v) is 1.09. The highest BCUT2D eigenvalue weighted by molar-refractivity contribution is 4.77. The first-order chi connectivity index (χ1) is 4.93. The molecule has 0 aromatic rings. The molecule has 0 spiro atoms. The second-order valence-corrected chi connectivity index (χ2v) is 2.84. The average molecular weight is 138 g/mol. The van der Waals surface area contributed by atoms with E-state index in [0.717, 1.165) is 19.0 Å². The Balaban J connectivity index is 1.81. The number of nitriles is 1. The number of unbranched alkanes of at least 4 members (excludes halogenated alkanes) is 1. The highest BCUT2D eigenvalue weighted by atomic mass is 14.9. The Kier molecular flexibility index (Phi) is 3.25. The van der Waals surface area contributed by atoms with Crippen molar-refractivity contribution in [3.63, 3.8) is 0 Å². The molecular weight excluding hydrogens is 124 g/mol. The lowest BCUT2D eigenvalue weighted by Crippen LogP contribution is -2.35. The number of rotatable bonds is 4. The molecule has 0 saturated heterocycles. The van der Waals surface area contributed by atoms with Gasteiger partial charge in [0.05, 0.1) is 6.07 Å². The van der Waals surface area contributed by atoms with Crippen LogP contribution in [0.3, 0.4) is 0 Å². The fraction of sp³-hybridized carbons (Fsp3) is 0.875. The van der Waals surface area contributed by atoms with E-state index in [1.807, 2.05) is 0 Å². The summed E-state index contributed by atoms with van der Waals surface area (Å²) in [5.41, 5.74) is 0. The van der Waals surface area contributed by atoms with Gasteiger partial charge in [0.15, 0.2) is 0 Å². The Hall–Kier alpha value is -0.550. The molecule has 0 aliphatic heterocycles. The standard InChI is InChI=1S/C8H14N2/c9-6-1-2-7-10-8-4-3-5-8/h8,10H,1-5,7H2. The molecule has 1 saturated carbocycles. The van der Waals surface area contributed by atoms with Crippen molar-refractivity contribution >= 4 is 0 Å². The minimum atomic E-state index is 0.694. The smallest absolute Gasteiger partial charge is 0.0622 e. The van der Waals surface area contributed by atoms with Crippen molar-refractivity contribution in [2.75, 3.05) is 6.54 Å². The normalized spacial score (nSPS) is 17.9. The van der Waals surface area contributed by atoms with Crippen molar-refractivity contribution in [3.05, 3.63) is 0 Å². The van der Waals surface area contributed by atoms with Gasteiger partial charge in [-0.25, -0.2) is 0 Å². The maximum absolute atomic E-state index is 8.22. The summed E-state index contributed by atoms with van der Waals surface area (Å²) in [4.78, 5) is 0. The van der Waals surface area contributed by atoms with Crippen molar-refractivity contribution < 1.29 is 0 Å². The van der Waals surface area contributed by atoms with Crippen molar-refractivity contribution in [3.8, 4) is 6.07 Å². The third-order valence-electron chi connectivity index (χ3n) is 2.00. The van der Waals surface area contributed by atoms with Crippen molar-refractivity contribution in [1.29, 1.82) is 5.26 Å². The topological polar surface area (TPSA) is 35.8 Å². The van der Waals surface area contributed by atoms with Gasteiger partial charge >= 0.3 is 0 Å². The van der Waals surface area contributed by atoms with Gasteiger partial charge in [0.25, 0.3) is 0 Å².